The lowest BCUT2D eigenvalue weighted by molar-refractivity contribution is -0.870. The molecule has 0 rings (SSSR count). The number of likely N-dealkylation sites (N-methyl/N-ethyl adjacent to an activating group) is 1. The number of rotatable bonds is 72. The van der Waals surface area contributed by atoms with Gasteiger partial charge in [0.25, 0.3) is 0 Å². The molecule has 0 amide bonds. The average Bonchev–Trinajstić information content (AvgIpc) is 2.59. The number of hydrogen-bond acceptors (Lipinski definition) is 8. The zero-order valence-corrected chi connectivity index (χ0v) is 63.1. The largest absolute Gasteiger partial charge is 0.545 e. The number of aliphatic carboxylic acids is 1. The Morgan fingerprint density at radius 1 is 0.309 bits per heavy atom. The van der Waals surface area contributed by atoms with E-state index in [2.05, 4.69) is 172 Å². The molecule has 0 aromatic rings. The van der Waals surface area contributed by atoms with Crippen molar-refractivity contribution in [1.82, 2.24) is 0 Å². The van der Waals surface area contributed by atoms with Crippen molar-refractivity contribution in [2.75, 3.05) is 47.5 Å². The summed E-state index contributed by atoms with van der Waals surface area (Å²) in [5, 5.41) is 11.9. The van der Waals surface area contributed by atoms with Gasteiger partial charge in [-0.25, -0.2) is 0 Å². The molecule has 0 saturated carbocycles. The normalized spacial score (nSPS) is 13.5. The molecule has 2 atom stereocenters. The van der Waals surface area contributed by atoms with Crippen LogP contribution < -0.4 is 5.11 Å². The van der Waals surface area contributed by atoms with Crippen LogP contribution in [0.1, 0.15) is 322 Å². The highest BCUT2D eigenvalue weighted by Gasteiger charge is 2.22. The molecule has 9 nitrogen and oxygen atoms in total. The second-order valence-electron chi connectivity index (χ2n) is 27.2. The topological polar surface area (TPSA) is 111 Å². The Morgan fingerprint density at radius 2 is 0.557 bits per heavy atom. The molecule has 0 saturated heterocycles. The van der Waals surface area contributed by atoms with Gasteiger partial charge < -0.3 is 33.3 Å². The number of unbranched alkanes of at least 4 members (excludes halogenated alkanes) is 31. The van der Waals surface area contributed by atoms with Crippen molar-refractivity contribution in [3.8, 4) is 0 Å². The highest BCUT2D eigenvalue weighted by Crippen LogP contribution is 2.18. The van der Waals surface area contributed by atoms with Gasteiger partial charge in [0.15, 0.2) is 12.4 Å². The lowest BCUT2D eigenvalue weighted by atomic mass is 10.0. The lowest BCUT2D eigenvalue weighted by Crippen LogP contribution is -2.44. The van der Waals surface area contributed by atoms with Gasteiger partial charge in [-0.1, -0.05) is 345 Å². The van der Waals surface area contributed by atoms with Crippen LogP contribution in [0.3, 0.4) is 0 Å². The summed E-state index contributed by atoms with van der Waals surface area (Å²) < 4.78 is 22.9. The smallest absolute Gasteiger partial charge is 0.306 e. The monoisotopic (exact) mass is 1350 g/mol. The highest BCUT2D eigenvalue weighted by atomic mass is 16.7. The van der Waals surface area contributed by atoms with Gasteiger partial charge in [0.1, 0.15) is 13.2 Å². The number of nitrogens with zero attached hydrogens (tertiary/aromatic N) is 1. The van der Waals surface area contributed by atoms with Crippen LogP contribution in [0.5, 0.6) is 0 Å². The summed E-state index contributed by atoms with van der Waals surface area (Å²) in [6.07, 6.45) is 111. The Hall–Kier alpha value is -5.09. The summed E-state index contributed by atoms with van der Waals surface area (Å²) in [4.78, 5) is 37.6. The zero-order valence-electron chi connectivity index (χ0n) is 63.1. The molecule has 0 aliphatic heterocycles. The van der Waals surface area contributed by atoms with Crippen molar-refractivity contribution >= 4 is 17.9 Å². The molecule has 0 aromatic heterocycles. The number of ether oxygens (including phenoxy) is 4. The van der Waals surface area contributed by atoms with Crippen molar-refractivity contribution in [1.29, 1.82) is 0 Å². The SMILES string of the molecule is CC/C=C\C/C=C\C/C=C\C/C=C\C/C=C\C/C=C\C/C=C\CCCCCCCCCCCCCC(=O)OC(COC(=O)CCCCCCCCCCCCCCCCCCCCCC/C=C\C/C=C\C/C=C\C/C=C\C/C=C\C/C=C\CC)COC(OCC[N+](C)(C)C)C(=O)[O-]. The summed E-state index contributed by atoms with van der Waals surface area (Å²) in [5.41, 5.74) is 0. The highest BCUT2D eigenvalue weighted by molar-refractivity contribution is 5.70. The fourth-order valence-electron chi connectivity index (χ4n) is 10.8. The standard InChI is InChI=1S/C88H147NO8/c1-6-8-10-12-14-16-18-20-22-24-26-28-30-32-34-36-38-40-41-42-43-44-45-47-48-50-52-54-56-58-60-62-64-66-68-70-72-74-76-78-85(90)95-82-84(83-96-88(87(92)93)94-81-80-89(3,4)5)97-86(91)79-77-75-73-71-69-67-65-63-61-59-57-55-53-51-49-46-39-37-35-33-31-29-27-25-23-21-19-17-15-13-11-9-7-2/h8-11,14-17,20-23,26-29,32-35,38-40,46,51,53,84,88H,6-7,12-13,18-19,24-25,30-31,36-37,41-45,47-50,52,54-83H2,1-5H3/b10-8-,11-9-,16-14-,17-15-,22-20-,23-21-,28-26-,29-27-,34-32-,35-33-,40-38-,46-39-,53-51-. The number of carboxylic acids is 1. The number of carboxylic acid groups (broad SMARTS) is 1. The molecule has 97 heavy (non-hydrogen) atoms. The van der Waals surface area contributed by atoms with Gasteiger partial charge in [-0.05, 0) is 122 Å². The molecular weight excluding hydrogens is 1200 g/mol. The van der Waals surface area contributed by atoms with Crippen LogP contribution in [-0.2, 0) is 33.3 Å². The second-order valence-corrected chi connectivity index (χ2v) is 27.2. The molecule has 0 bridgehead atoms. The molecule has 0 aliphatic carbocycles. The molecule has 9 heteroatoms. The van der Waals surface area contributed by atoms with Crippen LogP contribution in [0.4, 0.5) is 0 Å². The summed E-state index contributed by atoms with van der Waals surface area (Å²) in [7, 11) is 5.93. The van der Waals surface area contributed by atoms with Gasteiger partial charge >= 0.3 is 11.9 Å². The first-order valence-electron chi connectivity index (χ1n) is 39.6. The second kappa shape index (κ2) is 76.7. The van der Waals surface area contributed by atoms with Crippen LogP contribution in [-0.4, -0.2) is 82.3 Å². The maximum atomic E-state index is 13.0. The van der Waals surface area contributed by atoms with Crippen molar-refractivity contribution in [2.45, 2.75) is 334 Å². The fraction of sp³-hybridized carbons (Fsp3) is 0.670. The Morgan fingerprint density at radius 3 is 0.825 bits per heavy atom. The van der Waals surface area contributed by atoms with Crippen LogP contribution in [0.2, 0.25) is 0 Å². The molecule has 0 aromatic carbocycles. The molecule has 552 valence electrons. The van der Waals surface area contributed by atoms with Crippen molar-refractivity contribution in [3.05, 3.63) is 158 Å². The molecule has 2 unspecified atom stereocenters. The van der Waals surface area contributed by atoms with Crippen LogP contribution in [0.15, 0.2) is 158 Å². The first-order chi connectivity index (χ1) is 47.6. The quantitative estimate of drug-likeness (QED) is 0.0195. The Bertz CT molecular complexity index is 2160. The summed E-state index contributed by atoms with van der Waals surface area (Å²) >= 11 is 0. The van der Waals surface area contributed by atoms with Crippen molar-refractivity contribution in [3.63, 3.8) is 0 Å². The summed E-state index contributed by atoms with van der Waals surface area (Å²) in [5.74, 6) is -2.28. The van der Waals surface area contributed by atoms with Gasteiger partial charge in [-0.15, -0.1) is 0 Å². The third kappa shape index (κ3) is 78.1. The van der Waals surface area contributed by atoms with E-state index < -0.39 is 24.3 Å². The Kier molecular flexibility index (Phi) is 72.6. The van der Waals surface area contributed by atoms with Crippen molar-refractivity contribution < 1.29 is 42.9 Å². The maximum absolute atomic E-state index is 13.0. The van der Waals surface area contributed by atoms with E-state index in [0.29, 0.717) is 17.4 Å². The van der Waals surface area contributed by atoms with E-state index in [9.17, 15) is 19.5 Å². The van der Waals surface area contributed by atoms with Crippen LogP contribution in [0.25, 0.3) is 0 Å². The summed E-state index contributed by atoms with van der Waals surface area (Å²) in [6, 6.07) is 0. The number of allylic oxidation sites excluding steroid dienone is 26. The van der Waals surface area contributed by atoms with Crippen molar-refractivity contribution in [2.24, 2.45) is 0 Å². The Labute approximate surface area is 597 Å². The molecule has 0 spiro atoms. The predicted molar refractivity (Wildman–Crippen MR) is 416 cm³/mol. The average molecular weight is 1350 g/mol. The zero-order chi connectivity index (χ0) is 70.4. The lowest BCUT2D eigenvalue weighted by Gasteiger charge is -2.26. The molecular formula is C88H147NO8. The molecule has 0 N–H and O–H groups in total. The van der Waals surface area contributed by atoms with E-state index in [1.807, 2.05) is 21.1 Å². The number of carbonyl (C=O) groups is 3. The fourth-order valence-corrected chi connectivity index (χ4v) is 10.8. The van der Waals surface area contributed by atoms with E-state index in [1.54, 1.807) is 0 Å². The third-order valence-corrected chi connectivity index (χ3v) is 16.8. The van der Waals surface area contributed by atoms with E-state index in [-0.39, 0.29) is 38.6 Å². The molecule has 0 aliphatic rings. The van der Waals surface area contributed by atoms with Gasteiger partial charge in [0, 0.05) is 12.8 Å². The molecule has 0 heterocycles. The first kappa shape index (κ1) is 91.9. The number of hydrogen-bond donors (Lipinski definition) is 0. The number of esters is 2. The van der Waals surface area contributed by atoms with E-state index >= 15 is 0 Å². The first-order valence-corrected chi connectivity index (χ1v) is 39.6. The van der Waals surface area contributed by atoms with Gasteiger partial charge in [0.05, 0.1) is 40.3 Å². The van der Waals surface area contributed by atoms with E-state index in [0.717, 1.165) is 128 Å². The van der Waals surface area contributed by atoms with Gasteiger partial charge in [-0.3, -0.25) is 9.59 Å². The maximum Gasteiger partial charge on any atom is 0.306 e. The van der Waals surface area contributed by atoms with Crippen LogP contribution in [0, 0.1) is 0 Å². The number of carbonyl (C=O) groups excluding carboxylic acids is 3. The minimum atomic E-state index is -1.63. The minimum Gasteiger partial charge on any atom is -0.545 e. The number of quaternary nitrogens is 1. The minimum absolute atomic E-state index is 0.142. The van der Waals surface area contributed by atoms with Gasteiger partial charge in [-0.2, -0.15) is 0 Å². The molecule has 0 fully saturated rings. The molecule has 0 radical (unpaired) electrons. The predicted octanol–water partition coefficient (Wildman–Crippen LogP) is 24.3. The van der Waals surface area contributed by atoms with E-state index in [4.69, 9.17) is 18.9 Å². The third-order valence-electron chi connectivity index (χ3n) is 16.8. The Balaban J connectivity index is 4.05. The van der Waals surface area contributed by atoms with Gasteiger partial charge in [0.2, 0.25) is 0 Å². The summed E-state index contributed by atoms with van der Waals surface area (Å²) in [6.45, 7) is 4.53. The van der Waals surface area contributed by atoms with Crippen LogP contribution >= 0.6 is 0 Å². The van der Waals surface area contributed by atoms with E-state index in [1.165, 1.54) is 161 Å².